The van der Waals surface area contributed by atoms with Gasteiger partial charge in [0.2, 0.25) is 4.96 Å². The van der Waals surface area contributed by atoms with Gasteiger partial charge in [0.15, 0.2) is 34.9 Å². The maximum absolute atomic E-state index is 13.0. The Hall–Kier alpha value is -3.59. The number of fused-ring (bicyclic) bond motifs is 2. The fraction of sp³-hybridized carbons (Fsp3) is 0.346. The Morgan fingerprint density at radius 2 is 1.97 bits per heavy atom. The van der Waals surface area contributed by atoms with Crippen molar-refractivity contribution in [2.24, 2.45) is 0 Å². The number of hydrogen-bond acceptors (Lipinski definition) is 8. The third kappa shape index (κ3) is 4.95. The second kappa shape index (κ2) is 10.4. The Morgan fingerprint density at radius 3 is 2.77 bits per heavy atom. The molecule has 5 rings (SSSR count). The zero-order chi connectivity index (χ0) is 24.2. The van der Waals surface area contributed by atoms with Crippen LogP contribution in [0.4, 0.5) is 0 Å². The monoisotopic (exact) mass is 493 g/mol. The minimum Gasteiger partial charge on any atom is -0.490 e. The van der Waals surface area contributed by atoms with Crippen molar-refractivity contribution in [3.05, 3.63) is 68.7 Å². The number of hydrogen-bond donors (Lipinski definition) is 0. The highest BCUT2D eigenvalue weighted by molar-refractivity contribution is 7.15. The average Bonchev–Trinajstić information content (AvgIpc) is 3.42. The Labute approximate surface area is 206 Å². The molecule has 1 aliphatic rings. The van der Waals surface area contributed by atoms with Gasteiger partial charge in [0.05, 0.1) is 17.7 Å². The number of aromatic nitrogens is 3. The van der Waals surface area contributed by atoms with Crippen LogP contribution in [0, 0.1) is 0 Å². The summed E-state index contributed by atoms with van der Waals surface area (Å²) in [5, 5.41) is 4.41. The summed E-state index contributed by atoms with van der Waals surface area (Å²) in [6.45, 7) is 5.56. The number of ether oxygens (including phenoxy) is 4. The Balaban J connectivity index is 1.38. The molecule has 4 aromatic rings. The largest absolute Gasteiger partial charge is 0.490 e. The lowest BCUT2D eigenvalue weighted by Gasteiger charge is -2.24. The summed E-state index contributed by atoms with van der Waals surface area (Å²) >= 11 is 1.28. The van der Waals surface area contributed by atoms with Gasteiger partial charge in [0.25, 0.3) is 5.56 Å². The Morgan fingerprint density at radius 1 is 1.11 bits per heavy atom. The fourth-order valence-electron chi connectivity index (χ4n) is 3.82. The van der Waals surface area contributed by atoms with Crippen molar-refractivity contribution in [3.63, 3.8) is 0 Å². The molecule has 0 aliphatic carbocycles. The van der Waals surface area contributed by atoms with E-state index in [-0.39, 0.29) is 12.2 Å². The van der Waals surface area contributed by atoms with Crippen LogP contribution in [0.25, 0.3) is 11.0 Å². The van der Waals surface area contributed by atoms with E-state index in [1.54, 1.807) is 0 Å². The quantitative estimate of drug-likeness (QED) is 0.324. The molecule has 0 N–H and O–H groups in total. The molecule has 0 spiro atoms. The molecule has 1 unspecified atom stereocenters. The van der Waals surface area contributed by atoms with Gasteiger partial charge < -0.3 is 18.9 Å². The van der Waals surface area contributed by atoms with E-state index in [0.29, 0.717) is 51.5 Å². The predicted octanol–water partition coefficient (Wildman–Crippen LogP) is 4.18. The molecule has 8 nitrogen and oxygen atoms in total. The van der Waals surface area contributed by atoms with Gasteiger partial charge in [0.1, 0.15) is 6.61 Å². The van der Waals surface area contributed by atoms with Crippen LogP contribution in [-0.2, 0) is 0 Å². The van der Waals surface area contributed by atoms with Gasteiger partial charge in [-0.1, -0.05) is 49.3 Å². The van der Waals surface area contributed by atoms with Gasteiger partial charge in [0, 0.05) is 0 Å². The standard InChI is InChI=1S/C26H27N3O5S/c1-3-5-8-13-32-19-12-11-17(14-21(19)31-4-2)15-23-25(30)29-26(35-23)27-24(28-29)22-16-33-18-9-6-7-10-20(18)34-22/h6-7,9-12,14-15,22H,3-5,8,13,16H2,1-2H3. The molecule has 182 valence electrons. The fourth-order valence-corrected chi connectivity index (χ4v) is 4.73. The molecule has 1 aliphatic heterocycles. The topological polar surface area (TPSA) is 84.2 Å². The van der Waals surface area contributed by atoms with Crippen molar-refractivity contribution in [1.29, 1.82) is 0 Å². The van der Waals surface area contributed by atoms with Gasteiger partial charge in [-0.2, -0.15) is 9.50 Å². The highest BCUT2D eigenvalue weighted by Crippen LogP contribution is 2.35. The molecule has 0 saturated carbocycles. The molecule has 2 aromatic heterocycles. The smallest absolute Gasteiger partial charge is 0.291 e. The SMILES string of the molecule is CCCCCOc1ccc(C=c2sc3nc(C4COc5ccccc5O4)nn3c2=O)cc1OCC. The highest BCUT2D eigenvalue weighted by Gasteiger charge is 2.27. The summed E-state index contributed by atoms with van der Waals surface area (Å²) in [7, 11) is 0. The number of unbranched alkanes of at least 4 members (excludes halogenated alkanes) is 2. The van der Waals surface area contributed by atoms with E-state index in [4.69, 9.17) is 18.9 Å². The normalized spacial score (nSPS) is 15.5. The van der Waals surface area contributed by atoms with Gasteiger partial charge in [-0.25, -0.2) is 0 Å². The van der Waals surface area contributed by atoms with Crippen molar-refractivity contribution in [1.82, 2.24) is 14.6 Å². The minimum absolute atomic E-state index is 0.223. The predicted molar refractivity (Wildman–Crippen MR) is 134 cm³/mol. The van der Waals surface area contributed by atoms with E-state index in [1.165, 1.54) is 15.9 Å². The lowest BCUT2D eigenvalue weighted by Crippen LogP contribution is -2.26. The summed E-state index contributed by atoms with van der Waals surface area (Å²) in [6, 6.07) is 13.2. The molecule has 1 atom stereocenters. The van der Waals surface area contributed by atoms with Gasteiger partial charge in [-0.05, 0) is 49.2 Å². The molecular weight excluding hydrogens is 466 g/mol. The maximum atomic E-state index is 13.0. The van der Waals surface area contributed by atoms with Crippen LogP contribution >= 0.6 is 11.3 Å². The number of benzene rings is 2. The Kier molecular flexibility index (Phi) is 6.85. The number of thiazole rings is 1. The molecule has 0 radical (unpaired) electrons. The van der Waals surface area contributed by atoms with E-state index in [1.807, 2.05) is 55.5 Å². The second-order valence-corrected chi connectivity index (χ2v) is 9.15. The van der Waals surface area contributed by atoms with Crippen molar-refractivity contribution in [2.75, 3.05) is 19.8 Å². The van der Waals surface area contributed by atoms with E-state index in [9.17, 15) is 4.79 Å². The average molecular weight is 494 g/mol. The third-order valence-corrected chi connectivity index (χ3v) is 6.52. The number of para-hydroxylation sites is 2. The summed E-state index contributed by atoms with van der Waals surface area (Å²) in [5.41, 5.74) is 0.621. The van der Waals surface area contributed by atoms with Crippen LogP contribution in [0.2, 0.25) is 0 Å². The second-order valence-electron chi connectivity index (χ2n) is 8.14. The minimum atomic E-state index is -0.470. The van der Waals surface area contributed by atoms with E-state index in [0.717, 1.165) is 24.8 Å². The molecule has 3 heterocycles. The van der Waals surface area contributed by atoms with Crippen LogP contribution in [0.15, 0.2) is 47.3 Å². The van der Waals surface area contributed by atoms with Crippen LogP contribution in [-0.4, -0.2) is 34.4 Å². The summed E-state index contributed by atoms with van der Waals surface area (Å²) in [6.07, 6.45) is 4.63. The lowest BCUT2D eigenvalue weighted by molar-refractivity contribution is 0.0852. The first kappa shape index (κ1) is 23.2. The molecule has 9 heteroatoms. The maximum Gasteiger partial charge on any atom is 0.291 e. The molecule has 0 fully saturated rings. The Bertz CT molecular complexity index is 1430. The first-order chi connectivity index (χ1) is 17.2. The summed E-state index contributed by atoms with van der Waals surface area (Å²) < 4.78 is 25.3. The molecule has 0 amide bonds. The molecule has 2 aromatic carbocycles. The van der Waals surface area contributed by atoms with Gasteiger partial charge in [-0.3, -0.25) is 4.79 Å². The van der Waals surface area contributed by atoms with Crippen molar-refractivity contribution in [3.8, 4) is 23.0 Å². The summed E-state index contributed by atoms with van der Waals surface area (Å²) in [4.78, 5) is 18.1. The first-order valence-corrected chi connectivity index (χ1v) is 12.7. The van der Waals surface area contributed by atoms with Gasteiger partial charge >= 0.3 is 0 Å². The van der Waals surface area contributed by atoms with Gasteiger partial charge in [-0.15, -0.1) is 5.10 Å². The summed E-state index contributed by atoms with van der Waals surface area (Å²) in [5.74, 6) is 3.14. The molecule has 35 heavy (non-hydrogen) atoms. The zero-order valence-corrected chi connectivity index (χ0v) is 20.5. The zero-order valence-electron chi connectivity index (χ0n) is 19.7. The van der Waals surface area contributed by atoms with Crippen molar-refractivity contribution in [2.45, 2.75) is 39.2 Å². The number of rotatable bonds is 9. The van der Waals surface area contributed by atoms with Crippen LogP contribution in [0.5, 0.6) is 23.0 Å². The van der Waals surface area contributed by atoms with Crippen LogP contribution < -0.4 is 29.0 Å². The van der Waals surface area contributed by atoms with Crippen molar-refractivity contribution >= 4 is 22.4 Å². The van der Waals surface area contributed by atoms with E-state index >= 15 is 0 Å². The first-order valence-electron chi connectivity index (χ1n) is 11.9. The molecular formula is C26H27N3O5S. The highest BCUT2D eigenvalue weighted by atomic mass is 32.1. The number of nitrogens with zero attached hydrogens (tertiary/aromatic N) is 3. The van der Waals surface area contributed by atoms with E-state index < -0.39 is 6.10 Å². The van der Waals surface area contributed by atoms with E-state index in [2.05, 4.69) is 17.0 Å². The molecule has 0 saturated heterocycles. The molecule has 0 bridgehead atoms. The lowest BCUT2D eigenvalue weighted by atomic mass is 10.2. The van der Waals surface area contributed by atoms with Crippen LogP contribution in [0.1, 0.15) is 50.6 Å². The van der Waals surface area contributed by atoms with Crippen LogP contribution in [0.3, 0.4) is 0 Å². The van der Waals surface area contributed by atoms with Crippen molar-refractivity contribution < 1.29 is 18.9 Å². The third-order valence-electron chi connectivity index (χ3n) is 5.57.